The molecule has 2 N–H and O–H groups in total. The number of carbonyl (C=O) groups is 1. The van der Waals surface area contributed by atoms with Crippen LogP contribution in [-0.2, 0) is 0 Å². The van der Waals surface area contributed by atoms with Crippen LogP contribution in [0.2, 0.25) is 0 Å². The van der Waals surface area contributed by atoms with Gasteiger partial charge < -0.3 is 10.3 Å². The summed E-state index contributed by atoms with van der Waals surface area (Å²) in [5.41, 5.74) is 1.86. The van der Waals surface area contributed by atoms with Crippen molar-refractivity contribution in [2.24, 2.45) is 0 Å². The zero-order valence-electron chi connectivity index (χ0n) is 11.4. The smallest absolute Gasteiger partial charge is 0.252 e. The Morgan fingerprint density at radius 2 is 2.16 bits per heavy atom. The molecule has 4 nitrogen and oxygen atoms in total. The lowest BCUT2D eigenvalue weighted by atomic mass is 10.0. The van der Waals surface area contributed by atoms with E-state index in [9.17, 15) is 9.59 Å². The van der Waals surface area contributed by atoms with Crippen LogP contribution < -0.4 is 10.9 Å². The van der Waals surface area contributed by atoms with Gasteiger partial charge in [-0.2, -0.15) is 0 Å². The molecule has 0 bridgehead atoms. The third kappa shape index (κ3) is 2.67. The predicted octanol–water partition coefficient (Wildman–Crippen LogP) is 2.36. The van der Waals surface area contributed by atoms with Crippen LogP contribution in [0.1, 0.15) is 36.2 Å². The van der Waals surface area contributed by atoms with Crippen LogP contribution in [-0.4, -0.2) is 16.9 Å². The van der Waals surface area contributed by atoms with E-state index < -0.39 is 0 Å². The molecule has 1 unspecified atom stereocenters. The highest BCUT2D eigenvalue weighted by Gasteiger charge is 2.14. The second kappa shape index (κ2) is 5.26. The summed E-state index contributed by atoms with van der Waals surface area (Å²) in [5.74, 6) is -0.198. The summed E-state index contributed by atoms with van der Waals surface area (Å²) in [7, 11) is 0. The van der Waals surface area contributed by atoms with Crippen molar-refractivity contribution in [1.82, 2.24) is 10.3 Å². The number of fused-ring (bicyclic) bond motifs is 1. The van der Waals surface area contributed by atoms with E-state index in [4.69, 9.17) is 0 Å². The number of amides is 1. The predicted molar refractivity (Wildman–Crippen MR) is 76.5 cm³/mol. The first-order chi connectivity index (χ1) is 9.02. The van der Waals surface area contributed by atoms with E-state index in [2.05, 4.69) is 10.3 Å². The molecule has 4 heteroatoms. The highest BCUT2D eigenvalue weighted by Crippen LogP contribution is 2.18. The van der Waals surface area contributed by atoms with Crippen molar-refractivity contribution in [2.75, 3.05) is 0 Å². The minimum Gasteiger partial charge on any atom is -0.350 e. The molecule has 0 saturated carbocycles. The van der Waals surface area contributed by atoms with Gasteiger partial charge in [0.2, 0.25) is 5.56 Å². The van der Waals surface area contributed by atoms with E-state index >= 15 is 0 Å². The fraction of sp³-hybridized carbons (Fsp3) is 0.333. The maximum atomic E-state index is 12.2. The molecule has 0 fully saturated rings. The van der Waals surface area contributed by atoms with Crippen LogP contribution in [0, 0.1) is 6.92 Å². The largest absolute Gasteiger partial charge is 0.350 e. The van der Waals surface area contributed by atoms with Crippen LogP contribution in [0.4, 0.5) is 0 Å². The standard InChI is InChI=1S/C15H18N2O2/c1-4-10(3)16-15(19)12-8-13(18)17-14-9(2)6-5-7-11(12)14/h5-8,10H,4H2,1-3H3,(H,16,19)(H,17,18). The lowest BCUT2D eigenvalue weighted by Crippen LogP contribution is -2.32. The number of hydrogen-bond acceptors (Lipinski definition) is 2. The van der Waals surface area contributed by atoms with E-state index in [1.165, 1.54) is 6.07 Å². The first kappa shape index (κ1) is 13.3. The molecular formula is C15H18N2O2. The molecule has 1 aromatic carbocycles. The maximum Gasteiger partial charge on any atom is 0.252 e. The molecule has 1 heterocycles. The Kier molecular flexibility index (Phi) is 3.69. The molecule has 0 saturated heterocycles. The minimum atomic E-state index is -0.254. The molecular weight excluding hydrogens is 240 g/mol. The molecule has 1 atom stereocenters. The summed E-state index contributed by atoms with van der Waals surface area (Å²) < 4.78 is 0. The van der Waals surface area contributed by atoms with Gasteiger partial charge in [0.15, 0.2) is 0 Å². The molecule has 1 amide bonds. The number of carbonyl (C=O) groups excluding carboxylic acids is 1. The van der Waals surface area contributed by atoms with Crippen molar-refractivity contribution in [1.29, 1.82) is 0 Å². The number of aromatic amines is 1. The Bertz CT molecular complexity index is 673. The van der Waals surface area contributed by atoms with E-state index in [0.29, 0.717) is 5.56 Å². The Hall–Kier alpha value is -2.10. The number of aromatic nitrogens is 1. The summed E-state index contributed by atoms with van der Waals surface area (Å²) in [6.45, 7) is 5.86. The fourth-order valence-corrected chi connectivity index (χ4v) is 2.02. The van der Waals surface area contributed by atoms with Gasteiger partial charge in [0.25, 0.3) is 5.91 Å². The second-order valence-electron chi connectivity index (χ2n) is 4.83. The molecule has 0 aliphatic heterocycles. The average molecular weight is 258 g/mol. The first-order valence-corrected chi connectivity index (χ1v) is 6.46. The van der Waals surface area contributed by atoms with Crippen molar-refractivity contribution in [3.63, 3.8) is 0 Å². The summed E-state index contributed by atoms with van der Waals surface area (Å²) in [6, 6.07) is 7.10. The van der Waals surface area contributed by atoms with Crippen molar-refractivity contribution in [3.05, 3.63) is 45.7 Å². The third-order valence-corrected chi connectivity index (χ3v) is 3.32. The topological polar surface area (TPSA) is 62.0 Å². The Balaban J connectivity index is 2.57. The zero-order valence-corrected chi connectivity index (χ0v) is 11.4. The number of benzene rings is 1. The van der Waals surface area contributed by atoms with E-state index in [0.717, 1.165) is 22.9 Å². The van der Waals surface area contributed by atoms with Gasteiger partial charge in [0.1, 0.15) is 0 Å². The summed E-state index contributed by atoms with van der Waals surface area (Å²) in [6.07, 6.45) is 0.853. The Morgan fingerprint density at radius 1 is 1.42 bits per heavy atom. The van der Waals surface area contributed by atoms with E-state index in [-0.39, 0.29) is 17.5 Å². The molecule has 2 rings (SSSR count). The van der Waals surface area contributed by atoms with Crippen molar-refractivity contribution in [3.8, 4) is 0 Å². The van der Waals surface area contributed by atoms with E-state index in [1.807, 2.05) is 39.0 Å². The normalized spacial score (nSPS) is 12.4. The maximum absolute atomic E-state index is 12.2. The first-order valence-electron chi connectivity index (χ1n) is 6.46. The van der Waals surface area contributed by atoms with Crippen LogP contribution >= 0.6 is 0 Å². The Morgan fingerprint density at radius 3 is 2.84 bits per heavy atom. The van der Waals surface area contributed by atoms with Gasteiger partial charge in [-0.05, 0) is 25.8 Å². The van der Waals surface area contributed by atoms with Gasteiger partial charge in [0, 0.05) is 17.5 Å². The van der Waals surface area contributed by atoms with E-state index in [1.54, 1.807) is 0 Å². The third-order valence-electron chi connectivity index (χ3n) is 3.32. The zero-order chi connectivity index (χ0) is 14.0. The fourth-order valence-electron chi connectivity index (χ4n) is 2.02. The Labute approximate surface area is 111 Å². The number of hydrogen-bond donors (Lipinski definition) is 2. The second-order valence-corrected chi connectivity index (χ2v) is 4.83. The highest BCUT2D eigenvalue weighted by atomic mass is 16.2. The SMILES string of the molecule is CCC(C)NC(=O)c1cc(=O)[nH]c2c(C)cccc12. The number of pyridine rings is 1. The van der Waals surface area contributed by atoms with Crippen molar-refractivity contribution < 1.29 is 4.79 Å². The van der Waals surface area contributed by atoms with Gasteiger partial charge >= 0.3 is 0 Å². The molecule has 0 radical (unpaired) electrons. The molecule has 2 aromatic rings. The molecule has 0 spiro atoms. The lowest BCUT2D eigenvalue weighted by molar-refractivity contribution is 0.0941. The highest BCUT2D eigenvalue weighted by molar-refractivity contribution is 6.06. The monoisotopic (exact) mass is 258 g/mol. The number of para-hydroxylation sites is 1. The van der Waals surface area contributed by atoms with Gasteiger partial charge in [-0.25, -0.2) is 0 Å². The van der Waals surface area contributed by atoms with Gasteiger partial charge in [0.05, 0.1) is 11.1 Å². The van der Waals surface area contributed by atoms with Crippen molar-refractivity contribution >= 4 is 16.8 Å². The molecule has 19 heavy (non-hydrogen) atoms. The number of aryl methyl sites for hydroxylation is 1. The minimum absolute atomic E-state index is 0.0895. The van der Waals surface area contributed by atoms with Crippen LogP contribution in [0.3, 0.4) is 0 Å². The summed E-state index contributed by atoms with van der Waals surface area (Å²) in [4.78, 5) is 26.7. The van der Waals surface area contributed by atoms with Gasteiger partial charge in [-0.1, -0.05) is 25.1 Å². The van der Waals surface area contributed by atoms with Crippen LogP contribution in [0.25, 0.3) is 10.9 Å². The van der Waals surface area contributed by atoms with Gasteiger partial charge in [-0.15, -0.1) is 0 Å². The van der Waals surface area contributed by atoms with Gasteiger partial charge in [-0.3, -0.25) is 9.59 Å². The van der Waals surface area contributed by atoms with Crippen LogP contribution in [0.15, 0.2) is 29.1 Å². The van der Waals surface area contributed by atoms with Crippen LogP contribution in [0.5, 0.6) is 0 Å². The van der Waals surface area contributed by atoms with Crippen molar-refractivity contribution in [2.45, 2.75) is 33.2 Å². The summed E-state index contributed by atoms with van der Waals surface area (Å²) >= 11 is 0. The number of H-pyrrole nitrogens is 1. The molecule has 100 valence electrons. The quantitative estimate of drug-likeness (QED) is 0.887. The number of nitrogens with one attached hydrogen (secondary N) is 2. The molecule has 0 aliphatic rings. The average Bonchev–Trinajstić information content (AvgIpc) is 2.38. The summed E-state index contributed by atoms with van der Waals surface area (Å²) in [5, 5.41) is 3.67. The lowest BCUT2D eigenvalue weighted by Gasteiger charge is -2.13. The molecule has 0 aliphatic carbocycles. The molecule has 1 aromatic heterocycles. The number of rotatable bonds is 3.